The number of carbonyl (C=O) groups excluding carboxylic acids is 1. The highest BCUT2D eigenvalue weighted by Crippen LogP contribution is 2.25. The fourth-order valence-corrected chi connectivity index (χ4v) is 2.41. The molecule has 7 nitrogen and oxygen atoms in total. The maximum Gasteiger partial charge on any atom is 0.319 e. The van der Waals surface area contributed by atoms with Crippen molar-refractivity contribution in [1.29, 1.82) is 0 Å². The molecule has 0 atom stereocenters. The number of urea groups is 1. The van der Waals surface area contributed by atoms with Gasteiger partial charge in [-0.25, -0.2) is 13.6 Å². The summed E-state index contributed by atoms with van der Waals surface area (Å²) in [6.45, 7) is 1.89. The highest BCUT2D eigenvalue weighted by atomic mass is 19.1. The second kappa shape index (κ2) is 7.81. The van der Waals surface area contributed by atoms with Crippen molar-refractivity contribution in [2.45, 2.75) is 13.5 Å². The van der Waals surface area contributed by atoms with Crippen molar-refractivity contribution in [2.75, 3.05) is 12.4 Å². The predicted octanol–water partition coefficient (Wildman–Crippen LogP) is 3.65. The summed E-state index contributed by atoms with van der Waals surface area (Å²) >= 11 is 0. The number of aryl methyl sites for hydroxylation is 1. The molecule has 3 rings (SSSR count). The van der Waals surface area contributed by atoms with Crippen LogP contribution in [-0.4, -0.2) is 23.3 Å². The van der Waals surface area contributed by atoms with Crippen LogP contribution in [0.15, 0.2) is 40.9 Å². The zero-order chi connectivity index (χ0) is 19.4. The number of aromatic nitrogens is 2. The summed E-state index contributed by atoms with van der Waals surface area (Å²) < 4.78 is 37.1. The molecule has 0 radical (unpaired) electrons. The molecule has 1 heterocycles. The first-order valence-electron chi connectivity index (χ1n) is 7.94. The summed E-state index contributed by atoms with van der Waals surface area (Å²) in [7, 11) is 1.15. The minimum Gasteiger partial charge on any atom is -0.491 e. The van der Waals surface area contributed by atoms with Gasteiger partial charge in [-0.2, -0.15) is 4.98 Å². The van der Waals surface area contributed by atoms with Gasteiger partial charge < -0.3 is 19.9 Å². The van der Waals surface area contributed by atoms with Crippen LogP contribution in [0.4, 0.5) is 19.3 Å². The Hall–Kier alpha value is -3.49. The number of halogens is 2. The molecular formula is C18H16F2N4O3. The summed E-state index contributed by atoms with van der Waals surface area (Å²) in [6, 6.07) is 8.73. The van der Waals surface area contributed by atoms with E-state index in [1.807, 2.05) is 31.2 Å². The predicted molar refractivity (Wildman–Crippen MR) is 93.2 cm³/mol. The highest BCUT2D eigenvalue weighted by Gasteiger charge is 2.14. The number of rotatable bonds is 5. The molecule has 0 aliphatic carbocycles. The number of nitrogens with one attached hydrogen (secondary N) is 2. The van der Waals surface area contributed by atoms with Gasteiger partial charge in [0.25, 0.3) is 5.89 Å². The van der Waals surface area contributed by atoms with Crippen molar-refractivity contribution in [3.05, 3.63) is 59.4 Å². The third-order valence-electron chi connectivity index (χ3n) is 3.71. The first kappa shape index (κ1) is 18.3. The lowest BCUT2D eigenvalue weighted by atomic mass is 10.1. The van der Waals surface area contributed by atoms with E-state index < -0.39 is 23.4 Å². The Kier molecular flexibility index (Phi) is 5.30. The maximum atomic E-state index is 13.6. The molecule has 0 saturated heterocycles. The van der Waals surface area contributed by atoms with Gasteiger partial charge >= 0.3 is 6.03 Å². The number of hydrogen-bond donors (Lipinski definition) is 2. The summed E-state index contributed by atoms with van der Waals surface area (Å²) in [5.41, 5.74) is 1.71. The lowest BCUT2D eigenvalue weighted by Crippen LogP contribution is -2.28. The third-order valence-corrected chi connectivity index (χ3v) is 3.71. The van der Waals surface area contributed by atoms with E-state index in [9.17, 15) is 13.6 Å². The first-order valence-corrected chi connectivity index (χ1v) is 7.94. The van der Waals surface area contributed by atoms with Crippen molar-refractivity contribution in [2.24, 2.45) is 0 Å². The Morgan fingerprint density at radius 2 is 1.93 bits per heavy atom. The normalized spacial score (nSPS) is 10.5. The summed E-state index contributed by atoms with van der Waals surface area (Å²) in [4.78, 5) is 16.1. The summed E-state index contributed by atoms with van der Waals surface area (Å²) in [5, 5.41) is 8.60. The van der Waals surface area contributed by atoms with Crippen LogP contribution in [0.1, 0.15) is 11.4 Å². The smallest absolute Gasteiger partial charge is 0.319 e. The van der Waals surface area contributed by atoms with Crippen molar-refractivity contribution in [1.82, 2.24) is 15.5 Å². The van der Waals surface area contributed by atoms with Crippen LogP contribution in [0.25, 0.3) is 11.5 Å². The largest absolute Gasteiger partial charge is 0.491 e. The van der Waals surface area contributed by atoms with Gasteiger partial charge in [0.1, 0.15) is 0 Å². The standard InChI is InChI=1S/C18H16F2N4O3/c1-10-5-3-4-6-12(10)17-23-15(24-27-17)9-21-18(25)22-11-7-13(19)16(26-2)14(20)8-11/h3-8H,9H2,1-2H3,(H2,21,22,25). The Bertz CT molecular complexity index is 952. The van der Waals surface area contributed by atoms with Gasteiger partial charge in [0.05, 0.1) is 13.7 Å². The molecular weight excluding hydrogens is 358 g/mol. The molecule has 0 spiro atoms. The number of nitrogens with zero attached hydrogens (tertiary/aromatic N) is 2. The van der Waals surface area contributed by atoms with Crippen LogP contribution in [0.5, 0.6) is 5.75 Å². The number of carbonyl (C=O) groups is 1. The molecule has 2 amide bonds. The van der Waals surface area contributed by atoms with Crippen molar-refractivity contribution < 1.29 is 22.8 Å². The summed E-state index contributed by atoms with van der Waals surface area (Å²) in [5.74, 6) is -1.76. The highest BCUT2D eigenvalue weighted by molar-refractivity contribution is 5.89. The van der Waals surface area contributed by atoms with Gasteiger partial charge in [-0.3, -0.25) is 0 Å². The van der Waals surface area contributed by atoms with Gasteiger partial charge in [0.15, 0.2) is 23.2 Å². The van der Waals surface area contributed by atoms with Crippen LogP contribution in [0, 0.1) is 18.6 Å². The van der Waals surface area contributed by atoms with Crippen LogP contribution < -0.4 is 15.4 Å². The van der Waals surface area contributed by atoms with E-state index in [1.165, 1.54) is 0 Å². The van der Waals surface area contributed by atoms with Gasteiger partial charge in [0.2, 0.25) is 0 Å². The number of benzene rings is 2. The van der Waals surface area contributed by atoms with Crippen LogP contribution in [0.3, 0.4) is 0 Å². The molecule has 2 aromatic carbocycles. The van der Waals surface area contributed by atoms with Crippen LogP contribution in [-0.2, 0) is 6.54 Å². The van der Waals surface area contributed by atoms with Crippen molar-refractivity contribution in [3.63, 3.8) is 0 Å². The SMILES string of the molecule is COc1c(F)cc(NC(=O)NCc2noc(-c3ccccc3C)n2)cc1F. The van der Waals surface area contributed by atoms with E-state index in [4.69, 9.17) is 4.52 Å². The van der Waals surface area contributed by atoms with Gasteiger partial charge in [-0.15, -0.1) is 0 Å². The molecule has 2 N–H and O–H groups in total. The molecule has 140 valence electrons. The number of methoxy groups -OCH3 is 1. The molecule has 0 unspecified atom stereocenters. The molecule has 27 heavy (non-hydrogen) atoms. The van der Waals surface area contributed by atoms with Crippen molar-refractivity contribution >= 4 is 11.7 Å². The zero-order valence-electron chi connectivity index (χ0n) is 14.5. The minimum absolute atomic E-state index is 0.0255. The van der Waals surface area contributed by atoms with E-state index in [1.54, 1.807) is 0 Å². The molecule has 0 aliphatic rings. The van der Waals surface area contributed by atoms with E-state index in [0.717, 1.165) is 30.4 Å². The zero-order valence-corrected chi connectivity index (χ0v) is 14.5. The third kappa shape index (κ3) is 4.20. The number of amides is 2. The molecule has 1 aromatic heterocycles. The molecule has 0 saturated carbocycles. The number of anilines is 1. The number of hydrogen-bond acceptors (Lipinski definition) is 5. The average molecular weight is 374 g/mol. The average Bonchev–Trinajstić information content (AvgIpc) is 3.09. The fraction of sp³-hybridized carbons (Fsp3) is 0.167. The lowest BCUT2D eigenvalue weighted by molar-refractivity contribution is 0.251. The lowest BCUT2D eigenvalue weighted by Gasteiger charge is -2.09. The van der Waals surface area contributed by atoms with Crippen LogP contribution >= 0.6 is 0 Å². The second-order valence-corrected chi connectivity index (χ2v) is 5.61. The van der Waals surface area contributed by atoms with Crippen molar-refractivity contribution in [3.8, 4) is 17.2 Å². The van der Waals surface area contributed by atoms with E-state index in [2.05, 4.69) is 25.5 Å². The fourth-order valence-electron chi connectivity index (χ4n) is 2.41. The van der Waals surface area contributed by atoms with E-state index in [-0.39, 0.29) is 18.1 Å². The number of ether oxygens (including phenoxy) is 1. The molecule has 0 bridgehead atoms. The second-order valence-electron chi connectivity index (χ2n) is 5.61. The first-order chi connectivity index (χ1) is 13.0. The van der Waals surface area contributed by atoms with E-state index >= 15 is 0 Å². The summed E-state index contributed by atoms with van der Waals surface area (Å²) in [6.07, 6.45) is 0. The topological polar surface area (TPSA) is 89.3 Å². The van der Waals surface area contributed by atoms with Gasteiger partial charge in [0, 0.05) is 23.4 Å². The molecule has 0 fully saturated rings. The Morgan fingerprint density at radius 1 is 1.22 bits per heavy atom. The molecule has 0 aliphatic heterocycles. The Morgan fingerprint density at radius 3 is 2.59 bits per heavy atom. The van der Waals surface area contributed by atoms with Crippen LogP contribution in [0.2, 0.25) is 0 Å². The maximum absolute atomic E-state index is 13.6. The van der Waals surface area contributed by atoms with Gasteiger partial charge in [-0.1, -0.05) is 23.4 Å². The minimum atomic E-state index is -0.922. The Labute approximate surface area is 153 Å². The molecule has 9 heteroatoms. The Balaban J connectivity index is 1.61. The quantitative estimate of drug-likeness (QED) is 0.712. The monoisotopic (exact) mass is 374 g/mol. The molecule has 3 aromatic rings. The van der Waals surface area contributed by atoms with Gasteiger partial charge in [-0.05, 0) is 18.6 Å². The van der Waals surface area contributed by atoms with E-state index in [0.29, 0.717) is 5.89 Å².